The lowest BCUT2D eigenvalue weighted by molar-refractivity contribution is -0.106. The van der Waals surface area contributed by atoms with Crippen molar-refractivity contribution >= 4 is 5.91 Å². The molecule has 2 N–H and O–H groups in total. The summed E-state index contributed by atoms with van der Waals surface area (Å²) in [6.07, 6.45) is 2.78. The zero-order valence-electron chi connectivity index (χ0n) is 12.4. The van der Waals surface area contributed by atoms with Gasteiger partial charge in [0.15, 0.2) is 0 Å². The average Bonchev–Trinajstić information content (AvgIpc) is 2.71. The number of amides is 1. The number of aliphatic hydroxyl groups is 1. The number of fused-ring (bicyclic) bond motifs is 2. The molecule has 0 aromatic heterocycles. The van der Waals surface area contributed by atoms with Gasteiger partial charge in [-0.3, -0.25) is 4.79 Å². The molecule has 1 aromatic carbocycles. The monoisotopic (exact) mass is 273 g/mol. The Morgan fingerprint density at radius 3 is 2.40 bits per heavy atom. The normalized spacial score (nSPS) is 37.9. The van der Waals surface area contributed by atoms with Gasteiger partial charge in [-0.05, 0) is 42.7 Å². The lowest BCUT2D eigenvalue weighted by atomic mass is 9.67. The Morgan fingerprint density at radius 1 is 1.25 bits per heavy atom. The molecule has 1 aromatic rings. The fraction of sp³-hybridized carbons (Fsp3) is 0.588. The largest absolute Gasteiger partial charge is 0.370 e. The molecule has 3 atom stereocenters. The van der Waals surface area contributed by atoms with Crippen molar-refractivity contribution in [1.29, 1.82) is 0 Å². The third-order valence-corrected chi connectivity index (χ3v) is 6.25. The van der Waals surface area contributed by atoms with Crippen molar-refractivity contribution in [3.63, 3.8) is 0 Å². The summed E-state index contributed by atoms with van der Waals surface area (Å²) < 4.78 is 0. The summed E-state index contributed by atoms with van der Waals surface area (Å²) in [5.74, 6) is 0.297. The number of carbonyl (C=O) groups excluding carboxylic acids is 1. The van der Waals surface area contributed by atoms with E-state index in [0.717, 1.165) is 12.8 Å². The van der Waals surface area contributed by atoms with Gasteiger partial charge in [-0.2, -0.15) is 0 Å². The molecule has 108 valence electrons. The van der Waals surface area contributed by atoms with Crippen molar-refractivity contribution in [3.05, 3.63) is 35.9 Å². The van der Waals surface area contributed by atoms with E-state index in [9.17, 15) is 9.90 Å². The first-order valence-electron chi connectivity index (χ1n) is 7.40. The molecular weight excluding hydrogens is 250 g/mol. The highest BCUT2D eigenvalue weighted by molar-refractivity contribution is 5.94. The van der Waals surface area contributed by atoms with Crippen molar-refractivity contribution in [2.24, 2.45) is 16.7 Å². The molecule has 3 heteroatoms. The van der Waals surface area contributed by atoms with Gasteiger partial charge in [0, 0.05) is 11.0 Å². The molecule has 2 saturated carbocycles. The summed E-state index contributed by atoms with van der Waals surface area (Å²) in [6.45, 7) is 6.56. The molecule has 2 fully saturated rings. The van der Waals surface area contributed by atoms with Gasteiger partial charge in [0.05, 0.1) is 0 Å². The number of benzene rings is 1. The molecule has 0 heterocycles. The third-order valence-electron chi connectivity index (χ3n) is 6.25. The fourth-order valence-corrected chi connectivity index (χ4v) is 4.31. The van der Waals surface area contributed by atoms with Crippen LogP contribution in [0, 0.1) is 16.7 Å². The summed E-state index contributed by atoms with van der Waals surface area (Å²) in [5.41, 5.74) is -0.683. The number of hydrogen-bond acceptors (Lipinski definition) is 2. The maximum absolute atomic E-state index is 12.4. The van der Waals surface area contributed by atoms with Crippen molar-refractivity contribution in [3.8, 4) is 0 Å². The van der Waals surface area contributed by atoms with Gasteiger partial charge in [-0.25, -0.2) is 0 Å². The second-order valence-corrected chi connectivity index (χ2v) is 7.17. The molecule has 2 aliphatic rings. The Balaban J connectivity index is 1.87. The van der Waals surface area contributed by atoms with Gasteiger partial charge in [-0.1, -0.05) is 39.0 Å². The minimum atomic E-state index is -1.09. The minimum absolute atomic E-state index is 0.0612. The van der Waals surface area contributed by atoms with Crippen LogP contribution in [0.15, 0.2) is 30.3 Å². The summed E-state index contributed by atoms with van der Waals surface area (Å²) in [4.78, 5) is 12.4. The lowest BCUT2D eigenvalue weighted by Gasteiger charge is -2.45. The standard InChI is InChI=1S/C17H23NO2/c1-15(2)13-9-10-16(15,3)17(20,11-13)18-14(19)12-7-5-4-6-8-12/h4-8,13,20H,9-11H2,1-3H3,(H,18,19). The highest BCUT2D eigenvalue weighted by atomic mass is 16.3. The molecular formula is C17H23NO2. The van der Waals surface area contributed by atoms with Crippen LogP contribution in [0.25, 0.3) is 0 Å². The van der Waals surface area contributed by atoms with Gasteiger partial charge < -0.3 is 10.4 Å². The third kappa shape index (κ3) is 1.59. The fourth-order valence-electron chi connectivity index (χ4n) is 4.31. The first-order valence-corrected chi connectivity index (χ1v) is 7.40. The predicted molar refractivity (Wildman–Crippen MR) is 78.1 cm³/mol. The Kier molecular flexibility index (Phi) is 2.78. The molecule has 0 radical (unpaired) electrons. The van der Waals surface area contributed by atoms with Crippen LogP contribution in [-0.2, 0) is 0 Å². The first kappa shape index (κ1) is 13.6. The van der Waals surface area contributed by atoms with Gasteiger partial charge in [0.2, 0.25) is 0 Å². The highest BCUT2D eigenvalue weighted by Crippen LogP contribution is 2.68. The Morgan fingerprint density at radius 2 is 1.90 bits per heavy atom. The van der Waals surface area contributed by atoms with E-state index in [1.165, 1.54) is 0 Å². The molecule has 2 aliphatic carbocycles. The molecule has 3 nitrogen and oxygen atoms in total. The highest BCUT2D eigenvalue weighted by Gasteiger charge is 2.69. The van der Waals surface area contributed by atoms with E-state index in [2.05, 4.69) is 26.1 Å². The Bertz CT molecular complexity index is 539. The van der Waals surface area contributed by atoms with Crippen LogP contribution in [0.2, 0.25) is 0 Å². The Labute approximate surface area is 120 Å². The van der Waals surface area contributed by atoms with Crippen molar-refractivity contribution in [1.82, 2.24) is 5.32 Å². The van der Waals surface area contributed by atoms with E-state index in [0.29, 0.717) is 17.9 Å². The second-order valence-electron chi connectivity index (χ2n) is 7.17. The van der Waals surface area contributed by atoms with Crippen molar-refractivity contribution in [2.75, 3.05) is 0 Å². The van der Waals surface area contributed by atoms with Gasteiger partial charge in [0.25, 0.3) is 5.91 Å². The number of nitrogens with one attached hydrogen (secondary N) is 1. The van der Waals surface area contributed by atoms with Crippen LogP contribution in [-0.4, -0.2) is 16.7 Å². The minimum Gasteiger partial charge on any atom is -0.370 e. The average molecular weight is 273 g/mol. The van der Waals surface area contributed by atoms with Crippen molar-refractivity contribution in [2.45, 2.75) is 45.8 Å². The molecule has 0 spiro atoms. The maximum Gasteiger partial charge on any atom is 0.253 e. The molecule has 1 amide bonds. The van der Waals surface area contributed by atoms with Crippen LogP contribution in [0.5, 0.6) is 0 Å². The zero-order valence-corrected chi connectivity index (χ0v) is 12.4. The summed E-state index contributed by atoms with van der Waals surface area (Å²) >= 11 is 0. The van der Waals surface area contributed by atoms with Gasteiger partial charge >= 0.3 is 0 Å². The molecule has 0 saturated heterocycles. The maximum atomic E-state index is 12.4. The van der Waals surface area contributed by atoms with Gasteiger partial charge in [0.1, 0.15) is 5.72 Å². The molecule has 3 unspecified atom stereocenters. The molecule has 0 aliphatic heterocycles. The Hall–Kier alpha value is -1.35. The van der Waals surface area contributed by atoms with E-state index in [-0.39, 0.29) is 16.7 Å². The van der Waals surface area contributed by atoms with Crippen LogP contribution in [0.4, 0.5) is 0 Å². The number of rotatable bonds is 2. The van der Waals surface area contributed by atoms with E-state index < -0.39 is 5.72 Å². The summed E-state index contributed by atoms with van der Waals surface area (Å²) in [7, 11) is 0. The number of carbonyl (C=O) groups is 1. The SMILES string of the molecule is CC1(C)C2CCC1(C)C(O)(NC(=O)c1ccccc1)C2. The molecule has 2 bridgehead atoms. The molecule has 20 heavy (non-hydrogen) atoms. The van der Waals surface area contributed by atoms with E-state index in [1.807, 2.05) is 18.2 Å². The van der Waals surface area contributed by atoms with E-state index in [1.54, 1.807) is 12.1 Å². The second kappa shape index (κ2) is 4.08. The quantitative estimate of drug-likeness (QED) is 0.814. The first-order chi connectivity index (χ1) is 9.30. The lowest BCUT2D eigenvalue weighted by Crippen LogP contribution is -2.59. The van der Waals surface area contributed by atoms with Crippen LogP contribution in [0.1, 0.15) is 50.4 Å². The predicted octanol–water partition coefficient (Wildman–Crippen LogP) is 2.95. The summed E-state index contributed by atoms with van der Waals surface area (Å²) in [5, 5.41) is 14.0. The number of hydrogen-bond donors (Lipinski definition) is 2. The summed E-state index contributed by atoms with van der Waals surface area (Å²) in [6, 6.07) is 9.11. The topological polar surface area (TPSA) is 49.3 Å². The van der Waals surface area contributed by atoms with Crippen LogP contribution < -0.4 is 5.32 Å². The molecule has 3 rings (SSSR count). The van der Waals surface area contributed by atoms with Crippen molar-refractivity contribution < 1.29 is 9.90 Å². The van der Waals surface area contributed by atoms with E-state index >= 15 is 0 Å². The smallest absolute Gasteiger partial charge is 0.253 e. The van der Waals surface area contributed by atoms with Crippen LogP contribution in [0.3, 0.4) is 0 Å². The van der Waals surface area contributed by atoms with Gasteiger partial charge in [-0.15, -0.1) is 0 Å². The van der Waals surface area contributed by atoms with Crippen LogP contribution >= 0.6 is 0 Å². The zero-order chi connectivity index (χ0) is 14.6. The van der Waals surface area contributed by atoms with E-state index in [4.69, 9.17) is 0 Å².